The first-order chi connectivity index (χ1) is 5.25. The molecule has 0 spiro atoms. The van der Waals surface area contributed by atoms with E-state index >= 15 is 0 Å². The van der Waals surface area contributed by atoms with Crippen LogP contribution in [-0.4, -0.2) is 15.8 Å². The maximum absolute atomic E-state index is 11.4. The number of hydrogen-bond donors (Lipinski definition) is 1. The lowest BCUT2D eigenvalue weighted by Gasteiger charge is -2.03. The SMILES string of the molecule is CCC(C)C(=O)c1cnc[nH]1. The normalized spacial score (nSPS) is 12.9. The van der Waals surface area contributed by atoms with Crippen LogP contribution < -0.4 is 0 Å². The number of nitrogens with zero attached hydrogens (tertiary/aromatic N) is 1. The summed E-state index contributed by atoms with van der Waals surface area (Å²) in [6.07, 6.45) is 3.96. The van der Waals surface area contributed by atoms with Gasteiger partial charge in [-0.1, -0.05) is 13.8 Å². The minimum absolute atomic E-state index is 0.0930. The van der Waals surface area contributed by atoms with Gasteiger partial charge in [-0.15, -0.1) is 0 Å². The number of H-pyrrole nitrogens is 1. The lowest BCUT2D eigenvalue weighted by atomic mass is 10.0. The standard InChI is InChI=1S/C8H12N2O/c1-3-6(2)8(11)7-4-9-5-10-7/h4-6H,3H2,1-2H3,(H,9,10). The van der Waals surface area contributed by atoms with Gasteiger partial charge in [0.1, 0.15) is 5.69 Å². The highest BCUT2D eigenvalue weighted by atomic mass is 16.1. The number of carbonyl (C=O) groups excluding carboxylic acids is 1. The third kappa shape index (κ3) is 1.67. The van der Waals surface area contributed by atoms with Gasteiger partial charge >= 0.3 is 0 Å². The van der Waals surface area contributed by atoms with Crippen LogP contribution in [0.3, 0.4) is 0 Å². The van der Waals surface area contributed by atoms with Crippen LogP contribution in [0.2, 0.25) is 0 Å². The van der Waals surface area contributed by atoms with Crippen molar-refractivity contribution in [2.75, 3.05) is 0 Å². The molecule has 0 saturated carbocycles. The van der Waals surface area contributed by atoms with Gasteiger partial charge in [0.05, 0.1) is 12.5 Å². The van der Waals surface area contributed by atoms with E-state index in [0.717, 1.165) is 6.42 Å². The Morgan fingerprint density at radius 2 is 2.55 bits per heavy atom. The molecule has 1 rings (SSSR count). The maximum atomic E-state index is 11.4. The summed E-state index contributed by atoms with van der Waals surface area (Å²) in [5.74, 6) is 0.237. The van der Waals surface area contributed by atoms with Gasteiger partial charge in [-0.2, -0.15) is 0 Å². The van der Waals surface area contributed by atoms with Gasteiger partial charge in [0, 0.05) is 5.92 Å². The highest BCUT2D eigenvalue weighted by molar-refractivity contribution is 5.95. The molecule has 0 aromatic carbocycles. The molecule has 1 aromatic heterocycles. The fourth-order valence-corrected chi connectivity index (χ4v) is 0.841. The predicted octanol–water partition coefficient (Wildman–Crippen LogP) is 1.64. The summed E-state index contributed by atoms with van der Waals surface area (Å²) < 4.78 is 0. The third-order valence-corrected chi connectivity index (χ3v) is 1.82. The van der Waals surface area contributed by atoms with E-state index in [1.807, 2.05) is 13.8 Å². The second kappa shape index (κ2) is 3.32. The van der Waals surface area contributed by atoms with E-state index in [1.165, 1.54) is 6.33 Å². The minimum atomic E-state index is 0.0930. The maximum Gasteiger partial charge on any atom is 0.183 e. The van der Waals surface area contributed by atoms with Crippen molar-refractivity contribution in [3.63, 3.8) is 0 Å². The van der Waals surface area contributed by atoms with E-state index in [9.17, 15) is 4.79 Å². The average Bonchev–Trinajstić information content (AvgIpc) is 2.53. The molecule has 1 heterocycles. The van der Waals surface area contributed by atoms with Crippen LogP contribution in [0.5, 0.6) is 0 Å². The molecule has 1 unspecified atom stereocenters. The molecule has 1 N–H and O–H groups in total. The number of nitrogens with one attached hydrogen (secondary N) is 1. The quantitative estimate of drug-likeness (QED) is 0.669. The summed E-state index contributed by atoms with van der Waals surface area (Å²) in [5, 5.41) is 0. The van der Waals surface area contributed by atoms with Gasteiger partial charge < -0.3 is 4.98 Å². The van der Waals surface area contributed by atoms with E-state index < -0.39 is 0 Å². The van der Waals surface area contributed by atoms with Crippen molar-refractivity contribution in [3.05, 3.63) is 18.2 Å². The zero-order valence-electron chi connectivity index (χ0n) is 6.79. The molecule has 1 atom stereocenters. The Kier molecular flexibility index (Phi) is 2.41. The van der Waals surface area contributed by atoms with Gasteiger partial charge in [0.25, 0.3) is 0 Å². The molecule has 0 aliphatic rings. The molecule has 11 heavy (non-hydrogen) atoms. The number of aromatic nitrogens is 2. The topological polar surface area (TPSA) is 45.8 Å². The molecule has 3 heteroatoms. The van der Waals surface area contributed by atoms with Crippen LogP contribution in [0, 0.1) is 5.92 Å². The Balaban J connectivity index is 2.70. The molecule has 3 nitrogen and oxygen atoms in total. The molecule has 0 saturated heterocycles. The number of aromatic amines is 1. The Bertz CT molecular complexity index is 228. The number of hydrogen-bond acceptors (Lipinski definition) is 2. The van der Waals surface area contributed by atoms with Gasteiger partial charge in [0.15, 0.2) is 5.78 Å². The molecule has 0 bridgehead atoms. The molecule has 60 valence electrons. The van der Waals surface area contributed by atoms with E-state index in [0.29, 0.717) is 5.69 Å². The summed E-state index contributed by atoms with van der Waals surface area (Å²) in [4.78, 5) is 17.9. The van der Waals surface area contributed by atoms with Gasteiger partial charge in [0.2, 0.25) is 0 Å². The predicted molar refractivity (Wildman–Crippen MR) is 42.4 cm³/mol. The first-order valence-corrected chi connectivity index (χ1v) is 3.78. The zero-order valence-corrected chi connectivity index (χ0v) is 6.79. The number of ketones is 1. The average molecular weight is 152 g/mol. The largest absolute Gasteiger partial charge is 0.342 e. The highest BCUT2D eigenvalue weighted by Gasteiger charge is 2.13. The van der Waals surface area contributed by atoms with Crippen LogP contribution in [-0.2, 0) is 0 Å². The van der Waals surface area contributed by atoms with Gasteiger partial charge in [-0.3, -0.25) is 4.79 Å². The van der Waals surface area contributed by atoms with Crippen LogP contribution in [0.15, 0.2) is 12.5 Å². The second-order valence-corrected chi connectivity index (χ2v) is 2.64. The molecule has 0 amide bonds. The van der Waals surface area contributed by atoms with Gasteiger partial charge in [-0.25, -0.2) is 4.98 Å². The highest BCUT2D eigenvalue weighted by Crippen LogP contribution is 2.07. The first kappa shape index (κ1) is 7.98. The van der Waals surface area contributed by atoms with Crippen LogP contribution in [0.1, 0.15) is 30.8 Å². The molecule has 0 fully saturated rings. The molecule has 0 aliphatic carbocycles. The molecular formula is C8H12N2O. The monoisotopic (exact) mass is 152 g/mol. The molecule has 0 aliphatic heterocycles. The van der Waals surface area contributed by atoms with Crippen molar-refractivity contribution in [2.24, 2.45) is 5.92 Å². The van der Waals surface area contributed by atoms with E-state index in [-0.39, 0.29) is 11.7 Å². The Morgan fingerprint density at radius 3 is 3.00 bits per heavy atom. The van der Waals surface area contributed by atoms with Gasteiger partial charge in [-0.05, 0) is 6.42 Å². The summed E-state index contributed by atoms with van der Waals surface area (Å²) >= 11 is 0. The number of rotatable bonds is 3. The summed E-state index contributed by atoms with van der Waals surface area (Å²) in [6.45, 7) is 3.92. The third-order valence-electron chi connectivity index (χ3n) is 1.82. The smallest absolute Gasteiger partial charge is 0.183 e. The first-order valence-electron chi connectivity index (χ1n) is 3.78. The fraction of sp³-hybridized carbons (Fsp3) is 0.500. The van der Waals surface area contributed by atoms with Crippen molar-refractivity contribution in [2.45, 2.75) is 20.3 Å². The molecule has 0 radical (unpaired) electrons. The summed E-state index contributed by atoms with van der Waals surface area (Å²) in [6, 6.07) is 0. The van der Waals surface area contributed by atoms with Crippen LogP contribution in [0.4, 0.5) is 0 Å². The number of carbonyl (C=O) groups is 1. The molecular weight excluding hydrogens is 140 g/mol. The van der Waals surface area contributed by atoms with Crippen molar-refractivity contribution in [3.8, 4) is 0 Å². The van der Waals surface area contributed by atoms with Crippen molar-refractivity contribution in [1.29, 1.82) is 0 Å². The number of imidazole rings is 1. The fourth-order valence-electron chi connectivity index (χ4n) is 0.841. The summed E-state index contributed by atoms with van der Waals surface area (Å²) in [5.41, 5.74) is 0.611. The minimum Gasteiger partial charge on any atom is -0.342 e. The van der Waals surface area contributed by atoms with Crippen LogP contribution >= 0.6 is 0 Å². The van der Waals surface area contributed by atoms with Crippen molar-refractivity contribution in [1.82, 2.24) is 9.97 Å². The Morgan fingerprint density at radius 1 is 1.82 bits per heavy atom. The lowest BCUT2D eigenvalue weighted by molar-refractivity contribution is 0.0922. The number of Topliss-reactive ketones (excluding diaryl/α,β-unsaturated/α-hetero) is 1. The van der Waals surface area contributed by atoms with Crippen molar-refractivity contribution < 1.29 is 4.79 Å². The van der Waals surface area contributed by atoms with E-state index in [1.54, 1.807) is 6.20 Å². The van der Waals surface area contributed by atoms with E-state index in [2.05, 4.69) is 9.97 Å². The van der Waals surface area contributed by atoms with Crippen molar-refractivity contribution >= 4 is 5.78 Å². The Labute approximate surface area is 65.8 Å². The molecule has 1 aromatic rings. The van der Waals surface area contributed by atoms with Crippen LogP contribution in [0.25, 0.3) is 0 Å². The second-order valence-electron chi connectivity index (χ2n) is 2.64. The Hall–Kier alpha value is -1.12. The summed E-state index contributed by atoms with van der Waals surface area (Å²) in [7, 11) is 0. The van der Waals surface area contributed by atoms with E-state index in [4.69, 9.17) is 0 Å². The zero-order chi connectivity index (χ0) is 8.27. The lowest BCUT2D eigenvalue weighted by Crippen LogP contribution is -2.10.